The van der Waals surface area contributed by atoms with Crippen LogP contribution in [-0.4, -0.2) is 17.8 Å². The third-order valence-corrected chi connectivity index (χ3v) is 6.31. The molecule has 2 bridgehead atoms. The molecule has 0 radical (unpaired) electrons. The van der Waals surface area contributed by atoms with Crippen molar-refractivity contribution in [2.45, 2.75) is 26.7 Å². The van der Waals surface area contributed by atoms with Crippen molar-refractivity contribution in [1.82, 2.24) is 0 Å². The molecule has 6 nitrogen and oxygen atoms in total. The molecular formula is C17H19N2O4S-. The second-order valence-corrected chi connectivity index (χ2v) is 7.73. The largest absolute Gasteiger partial charge is 0.550 e. The molecule has 24 heavy (non-hydrogen) atoms. The van der Waals surface area contributed by atoms with Crippen molar-refractivity contribution in [3.05, 3.63) is 28.2 Å². The fourth-order valence-corrected chi connectivity index (χ4v) is 4.95. The van der Waals surface area contributed by atoms with Crippen LogP contribution in [0.1, 0.15) is 33.6 Å². The van der Waals surface area contributed by atoms with Gasteiger partial charge in [-0.05, 0) is 44.1 Å². The Morgan fingerprint density at radius 1 is 1.17 bits per heavy atom. The number of thiophene rings is 1. The number of carboxylic acids is 1. The van der Waals surface area contributed by atoms with E-state index in [-0.39, 0.29) is 17.7 Å². The summed E-state index contributed by atoms with van der Waals surface area (Å²) in [6.07, 6.45) is 5.35. The number of aliphatic carboxylic acids is 1. The van der Waals surface area contributed by atoms with E-state index in [4.69, 9.17) is 5.73 Å². The summed E-state index contributed by atoms with van der Waals surface area (Å²) < 4.78 is 0. The average molecular weight is 347 g/mol. The van der Waals surface area contributed by atoms with Crippen LogP contribution in [0, 0.1) is 37.5 Å². The van der Waals surface area contributed by atoms with E-state index in [1.165, 1.54) is 11.3 Å². The van der Waals surface area contributed by atoms with Gasteiger partial charge >= 0.3 is 0 Å². The van der Waals surface area contributed by atoms with Gasteiger partial charge in [0, 0.05) is 16.8 Å². The zero-order valence-corrected chi connectivity index (χ0v) is 14.3. The van der Waals surface area contributed by atoms with Crippen molar-refractivity contribution >= 4 is 34.1 Å². The molecule has 2 amide bonds. The summed E-state index contributed by atoms with van der Waals surface area (Å²) in [5.74, 6) is -3.96. The zero-order valence-electron chi connectivity index (χ0n) is 13.5. The Hall–Kier alpha value is -2.15. The van der Waals surface area contributed by atoms with E-state index in [1.54, 1.807) is 6.92 Å². The third-order valence-electron chi connectivity index (χ3n) is 5.19. The lowest BCUT2D eigenvalue weighted by atomic mass is 9.62. The maximum atomic E-state index is 12.8. The van der Waals surface area contributed by atoms with Crippen LogP contribution in [0.4, 0.5) is 5.00 Å². The minimum Gasteiger partial charge on any atom is -0.550 e. The summed E-state index contributed by atoms with van der Waals surface area (Å²) in [4.78, 5) is 36.9. The number of hydrogen-bond donors (Lipinski definition) is 2. The molecule has 1 fully saturated rings. The van der Waals surface area contributed by atoms with Crippen molar-refractivity contribution in [1.29, 1.82) is 0 Å². The summed E-state index contributed by atoms with van der Waals surface area (Å²) in [5, 5.41) is 14.7. The molecule has 3 N–H and O–H groups in total. The first-order valence-electron chi connectivity index (χ1n) is 7.91. The van der Waals surface area contributed by atoms with Gasteiger partial charge in [0.2, 0.25) is 5.91 Å². The van der Waals surface area contributed by atoms with Crippen LogP contribution in [0.2, 0.25) is 0 Å². The highest BCUT2D eigenvalue weighted by Crippen LogP contribution is 2.45. The molecule has 1 saturated carbocycles. The lowest BCUT2D eigenvalue weighted by Crippen LogP contribution is -2.51. The summed E-state index contributed by atoms with van der Waals surface area (Å²) in [6.45, 7) is 3.62. The molecule has 0 spiro atoms. The number of carboxylic acid groups (broad SMARTS) is 1. The number of aryl methyl sites for hydroxylation is 1. The lowest BCUT2D eigenvalue weighted by molar-refractivity contribution is -0.316. The van der Waals surface area contributed by atoms with Gasteiger partial charge in [0.05, 0.1) is 11.5 Å². The molecule has 4 rings (SSSR count). The first kappa shape index (κ1) is 16.7. The van der Waals surface area contributed by atoms with Crippen LogP contribution in [-0.2, 0) is 9.59 Å². The van der Waals surface area contributed by atoms with E-state index in [0.717, 1.165) is 23.3 Å². The molecule has 1 heterocycles. The number of nitrogens with two attached hydrogens (primary N) is 1. The van der Waals surface area contributed by atoms with E-state index < -0.39 is 23.7 Å². The smallest absolute Gasteiger partial charge is 0.251 e. The van der Waals surface area contributed by atoms with Crippen LogP contribution >= 0.6 is 11.3 Å². The molecule has 0 unspecified atom stereocenters. The van der Waals surface area contributed by atoms with E-state index in [1.807, 2.05) is 19.1 Å². The van der Waals surface area contributed by atoms with Gasteiger partial charge in [0.15, 0.2) is 0 Å². The topological polar surface area (TPSA) is 112 Å². The average Bonchev–Trinajstić information content (AvgIpc) is 2.81. The zero-order chi connectivity index (χ0) is 17.6. The highest BCUT2D eigenvalue weighted by Gasteiger charge is 2.45. The Morgan fingerprint density at radius 2 is 1.75 bits per heavy atom. The van der Waals surface area contributed by atoms with Crippen molar-refractivity contribution in [3.63, 3.8) is 0 Å². The molecule has 0 aliphatic heterocycles. The Labute approximate surface area is 143 Å². The Morgan fingerprint density at radius 3 is 2.25 bits per heavy atom. The number of allylic oxidation sites excluding steroid dienone is 2. The van der Waals surface area contributed by atoms with Gasteiger partial charge in [0.1, 0.15) is 5.00 Å². The number of hydrogen-bond acceptors (Lipinski definition) is 5. The predicted molar refractivity (Wildman–Crippen MR) is 88.3 cm³/mol. The number of anilines is 1. The predicted octanol–water partition coefficient (Wildman–Crippen LogP) is 0.981. The van der Waals surface area contributed by atoms with Gasteiger partial charge in [-0.25, -0.2) is 0 Å². The van der Waals surface area contributed by atoms with Gasteiger partial charge in [-0.2, -0.15) is 0 Å². The van der Waals surface area contributed by atoms with Gasteiger partial charge < -0.3 is 21.0 Å². The number of nitrogens with one attached hydrogen (secondary N) is 1. The summed E-state index contributed by atoms with van der Waals surface area (Å²) >= 11 is 1.28. The molecule has 3 aliphatic rings. The van der Waals surface area contributed by atoms with Crippen molar-refractivity contribution in [3.8, 4) is 0 Å². The molecule has 128 valence electrons. The van der Waals surface area contributed by atoms with Gasteiger partial charge in [-0.3, -0.25) is 9.59 Å². The Bertz CT molecular complexity index is 752. The van der Waals surface area contributed by atoms with Gasteiger partial charge in [-0.1, -0.05) is 12.2 Å². The highest BCUT2D eigenvalue weighted by molar-refractivity contribution is 7.16. The maximum Gasteiger partial charge on any atom is 0.251 e. The quantitative estimate of drug-likeness (QED) is 0.791. The van der Waals surface area contributed by atoms with Crippen LogP contribution in [0.15, 0.2) is 12.2 Å². The van der Waals surface area contributed by atoms with E-state index in [0.29, 0.717) is 10.6 Å². The molecule has 7 heteroatoms. The molecule has 1 aromatic heterocycles. The summed E-state index contributed by atoms with van der Waals surface area (Å²) in [5.41, 5.74) is 6.46. The number of carbonyl (C=O) groups is 3. The van der Waals surface area contributed by atoms with Crippen LogP contribution in [0.25, 0.3) is 0 Å². The standard InChI is InChI=1S/C17H20N2O4S/c1-7-8(2)24-16(11(7)14(18)20)19-15(21)12-9-3-5-10(6-4-9)13(12)17(22)23/h3,5,9-10,12-13H,4,6H2,1-2H3,(H2,18,20)(H,19,21)(H,22,23)/p-1/t9-,10+,12+,13+/m1/s1. The molecule has 0 aromatic carbocycles. The van der Waals surface area contributed by atoms with Crippen LogP contribution in [0.3, 0.4) is 0 Å². The number of fused-ring (bicyclic) bond motifs is 2. The SMILES string of the molecule is Cc1sc(NC(=O)[C@@H]2[C@@H](C(=O)[O-])[C@H]3C=C[C@@H]2CC3)c(C(N)=O)c1C. The van der Waals surface area contributed by atoms with Crippen molar-refractivity contribution in [2.24, 2.45) is 29.4 Å². The minimum atomic E-state index is -1.19. The second kappa shape index (κ2) is 6.05. The summed E-state index contributed by atoms with van der Waals surface area (Å²) in [6, 6.07) is 0. The maximum absolute atomic E-state index is 12.8. The first-order chi connectivity index (χ1) is 11.3. The molecule has 0 saturated heterocycles. The third kappa shape index (κ3) is 2.62. The van der Waals surface area contributed by atoms with E-state index in [2.05, 4.69) is 5.32 Å². The first-order valence-corrected chi connectivity index (χ1v) is 8.72. The lowest BCUT2D eigenvalue weighted by Gasteiger charge is -2.44. The Kier molecular flexibility index (Phi) is 4.21. The monoisotopic (exact) mass is 347 g/mol. The summed E-state index contributed by atoms with van der Waals surface area (Å²) in [7, 11) is 0. The number of primary amides is 1. The minimum absolute atomic E-state index is 0.114. The highest BCUT2D eigenvalue weighted by atomic mass is 32.1. The number of carbonyl (C=O) groups excluding carboxylic acids is 3. The van der Waals surface area contributed by atoms with Crippen molar-refractivity contribution < 1.29 is 19.5 Å². The Balaban J connectivity index is 1.90. The number of amides is 2. The van der Waals surface area contributed by atoms with E-state index >= 15 is 0 Å². The fourth-order valence-electron chi connectivity index (χ4n) is 3.88. The molecule has 1 aromatic rings. The molecule has 3 aliphatic carbocycles. The molecule has 4 atom stereocenters. The van der Waals surface area contributed by atoms with Gasteiger partial charge in [-0.15, -0.1) is 11.3 Å². The molecular weight excluding hydrogens is 328 g/mol. The van der Waals surface area contributed by atoms with E-state index in [9.17, 15) is 19.5 Å². The second-order valence-electron chi connectivity index (χ2n) is 6.50. The fraction of sp³-hybridized carbons (Fsp3) is 0.471. The number of rotatable bonds is 4. The van der Waals surface area contributed by atoms with Crippen molar-refractivity contribution in [2.75, 3.05) is 5.32 Å². The van der Waals surface area contributed by atoms with Crippen LogP contribution < -0.4 is 16.2 Å². The van der Waals surface area contributed by atoms with Crippen LogP contribution in [0.5, 0.6) is 0 Å². The normalized spacial score (nSPS) is 27.9. The van der Waals surface area contributed by atoms with Gasteiger partial charge in [0.25, 0.3) is 5.91 Å².